The van der Waals surface area contributed by atoms with Crippen LogP contribution in [0.15, 0.2) is 45.9 Å². The molecule has 2 saturated heterocycles. The van der Waals surface area contributed by atoms with Crippen molar-refractivity contribution in [3.63, 3.8) is 0 Å². The number of carbonyl (C=O) groups excluding carboxylic acids is 1. The van der Waals surface area contributed by atoms with Gasteiger partial charge in [0.25, 0.3) is 10.0 Å². The lowest BCUT2D eigenvalue weighted by atomic mass is 9.97. The second-order valence-electron chi connectivity index (χ2n) is 7.56. The predicted molar refractivity (Wildman–Crippen MR) is 112 cm³/mol. The van der Waals surface area contributed by atoms with Crippen molar-refractivity contribution in [1.29, 1.82) is 0 Å². The van der Waals surface area contributed by atoms with E-state index in [9.17, 15) is 13.2 Å². The molecule has 162 valence electrons. The van der Waals surface area contributed by atoms with Crippen LogP contribution in [0.1, 0.15) is 36.6 Å². The first kappa shape index (κ1) is 21.3. The number of hydrogen-bond acceptors (Lipinski definition) is 6. The fourth-order valence-electron chi connectivity index (χ4n) is 3.81. The van der Waals surface area contributed by atoms with Crippen LogP contribution in [-0.2, 0) is 21.4 Å². The van der Waals surface area contributed by atoms with Gasteiger partial charge in [0, 0.05) is 37.1 Å². The summed E-state index contributed by atoms with van der Waals surface area (Å²) in [6.07, 6.45) is 1.77. The number of amides is 1. The van der Waals surface area contributed by atoms with Crippen molar-refractivity contribution in [2.75, 3.05) is 19.6 Å². The lowest BCUT2D eigenvalue weighted by Gasteiger charge is -2.29. The summed E-state index contributed by atoms with van der Waals surface area (Å²) in [6.45, 7) is 1.73. The van der Waals surface area contributed by atoms with E-state index in [4.69, 9.17) is 16.0 Å². The van der Waals surface area contributed by atoms with Crippen LogP contribution < -0.4 is 16.2 Å². The third kappa shape index (κ3) is 4.55. The van der Waals surface area contributed by atoms with Crippen LogP contribution in [-0.4, -0.2) is 38.3 Å². The third-order valence-electron chi connectivity index (χ3n) is 5.61. The zero-order valence-corrected chi connectivity index (χ0v) is 18.0. The van der Waals surface area contributed by atoms with E-state index in [1.165, 1.54) is 10.4 Å². The van der Waals surface area contributed by atoms with Crippen LogP contribution in [0.4, 0.5) is 0 Å². The van der Waals surface area contributed by atoms with E-state index < -0.39 is 10.0 Å². The number of carbonyl (C=O) groups is 1. The van der Waals surface area contributed by atoms with Gasteiger partial charge in [0.15, 0.2) is 0 Å². The molecule has 2 aromatic rings. The molecular weight excluding hydrogens is 428 g/mol. The Balaban J connectivity index is 1.32. The molecule has 10 heteroatoms. The highest BCUT2D eigenvalue weighted by atomic mass is 35.5. The molecule has 1 aromatic heterocycles. The fraction of sp³-hybridized carbons (Fsp3) is 0.450. The maximum Gasteiger partial charge on any atom is 0.276 e. The molecule has 0 saturated carbocycles. The SMILES string of the molecule is O=C(NCc1ccccc1Cl)C1CCN(S(=O)(=O)c2ccc(C3CCNN3)o2)CC1. The molecule has 2 aliphatic heterocycles. The Kier molecular flexibility index (Phi) is 6.45. The van der Waals surface area contributed by atoms with Crippen molar-refractivity contribution < 1.29 is 17.6 Å². The fourth-order valence-corrected chi connectivity index (χ4v) is 5.40. The van der Waals surface area contributed by atoms with Crippen molar-refractivity contribution in [2.45, 2.75) is 36.9 Å². The molecule has 0 spiro atoms. The van der Waals surface area contributed by atoms with Crippen LogP contribution in [0.3, 0.4) is 0 Å². The van der Waals surface area contributed by atoms with Crippen LogP contribution in [0.5, 0.6) is 0 Å². The minimum Gasteiger partial charge on any atom is -0.447 e. The number of nitrogens with zero attached hydrogens (tertiary/aromatic N) is 1. The van der Waals surface area contributed by atoms with Gasteiger partial charge < -0.3 is 9.73 Å². The highest BCUT2D eigenvalue weighted by molar-refractivity contribution is 7.89. The van der Waals surface area contributed by atoms with Gasteiger partial charge >= 0.3 is 0 Å². The molecule has 3 heterocycles. The van der Waals surface area contributed by atoms with Gasteiger partial charge in [-0.15, -0.1) is 0 Å². The van der Waals surface area contributed by atoms with Crippen LogP contribution >= 0.6 is 11.6 Å². The van der Waals surface area contributed by atoms with E-state index in [-0.39, 0.29) is 36.0 Å². The maximum absolute atomic E-state index is 12.9. The zero-order valence-electron chi connectivity index (χ0n) is 16.4. The lowest BCUT2D eigenvalue weighted by Crippen LogP contribution is -2.42. The topological polar surface area (TPSA) is 104 Å². The number of halogens is 1. The van der Waals surface area contributed by atoms with E-state index >= 15 is 0 Å². The van der Waals surface area contributed by atoms with E-state index in [1.807, 2.05) is 18.2 Å². The number of piperidine rings is 1. The minimum absolute atomic E-state index is 0.0264. The molecule has 1 unspecified atom stereocenters. The number of rotatable bonds is 6. The van der Waals surface area contributed by atoms with Gasteiger partial charge in [0.2, 0.25) is 11.0 Å². The Bertz CT molecular complexity index is 996. The molecule has 4 rings (SSSR count). The van der Waals surface area contributed by atoms with E-state index in [0.717, 1.165) is 18.5 Å². The Hall–Kier alpha value is -1.91. The molecule has 3 N–H and O–H groups in total. The molecule has 2 aliphatic rings. The zero-order chi connectivity index (χ0) is 21.1. The average molecular weight is 453 g/mol. The van der Waals surface area contributed by atoms with Crippen molar-refractivity contribution in [3.05, 3.63) is 52.7 Å². The summed E-state index contributed by atoms with van der Waals surface area (Å²) < 4.78 is 32.9. The van der Waals surface area contributed by atoms with Crippen molar-refractivity contribution in [3.8, 4) is 0 Å². The second-order valence-corrected chi connectivity index (χ2v) is 9.83. The summed E-state index contributed by atoms with van der Waals surface area (Å²) in [7, 11) is -3.71. The van der Waals surface area contributed by atoms with Crippen LogP contribution in [0, 0.1) is 5.92 Å². The number of hydrogen-bond donors (Lipinski definition) is 3. The Morgan fingerprint density at radius 3 is 2.63 bits per heavy atom. The van der Waals surface area contributed by atoms with E-state index in [0.29, 0.717) is 30.2 Å². The quantitative estimate of drug-likeness (QED) is 0.620. The van der Waals surface area contributed by atoms with E-state index in [1.54, 1.807) is 12.1 Å². The van der Waals surface area contributed by atoms with Crippen molar-refractivity contribution >= 4 is 27.5 Å². The van der Waals surface area contributed by atoms with Gasteiger partial charge in [-0.05, 0) is 43.0 Å². The number of sulfonamides is 1. The maximum atomic E-state index is 12.9. The molecule has 1 aromatic carbocycles. The van der Waals surface area contributed by atoms with Crippen LogP contribution in [0.25, 0.3) is 0 Å². The van der Waals surface area contributed by atoms with Gasteiger partial charge in [-0.25, -0.2) is 13.8 Å². The lowest BCUT2D eigenvalue weighted by molar-refractivity contribution is -0.126. The van der Waals surface area contributed by atoms with Gasteiger partial charge in [0.1, 0.15) is 5.76 Å². The first-order valence-corrected chi connectivity index (χ1v) is 11.9. The highest BCUT2D eigenvalue weighted by Crippen LogP contribution is 2.28. The molecule has 30 heavy (non-hydrogen) atoms. The second kappa shape index (κ2) is 9.07. The average Bonchev–Trinajstić information content (AvgIpc) is 3.45. The number of furan rings is 1. The van der Waals surface area contributed by atoms with Crippen LogP contribution in [0.2, 0.25) is 5.02 Å². The standard InChI is InChI=1S/C20H25ClN4O4S/c21-16-4-2-1-3-15(16)13-22-20(26)14-8-11-25(12-9-14)30(27,28)19-6-5-18(29-19)17-7-10-23-24-17/h1-6,14,17,23-24H,7-13H2,(H,22,26). The van der Waals surface area contributed by atoms with Crippen molar-refractivity contribution in [2.24, 2.45) is 5.92 Å². The summed E-state index contributed by atoms with van der Waals surface area (Å²) >= 11 is 6.12. The van der Waals surface area contributed by atoms with Gasteiger partial charge in [-0.1, -0.05) is 29.8 Å². The monoisotopic (exact) mass is 452 g/mol. The molecule has 0 radical (unpaired) electrons. The molecule has 2 fully saturated rings. The first-order chi connectivity index (χ1) is 14.4. The molecule has 1 atom stereocenters. The van der Waals surface area contributed by atoms with Gasteiger partial charge in [-0.2, -0.15) is 4.31 Å². The summed E-state index contributed by atoms with van der Waals surface area (Å²) in [6, 6.07) is 10.5. The number of benzene rings is 1. The normalized spacial score (nSPS) is 21.0. The Morgan fingerprint density at radius 1 is 1.17 bits per heavy atom. The Morgan fingerprint density at radius 2 is 1.93 bits per heavy atom. The van der Waals surface area contributed by atoms with E-state index in [2.05, 4.69) is 16.2 Å². The summed E-state index contributed by atoms with van der Waals surface area (Å²) in [4.78, 5) is 12.5. The molecule has 8 nitrogen and oxygen atoms in total. The largest absolute Gasteiger partial charge is 0.447 e. The summed E-state index contributed by atoms with van der Waals surface area (Å²) in [5.74, 6) is 0.305. The predicted octanol–water partition coefficient (Wildman–Crippen LogP) is 2.19. The number of nitrogens with one attached hydrogen (secondary N) is 3. The third-order valence-corrected chi connectivity index (χ3v) is 7.75. The number of hydrazine groups is 1. The Labute approximate surface area is 181 Å². The molecular formula is C20H25ClN4O4S. The minimum atomic E-state index is -3.71. The molecule has 1 amide bonds. The smallest absolute Gasteiger partial charge is 0.276 e. The highest BCUT2D eigenvalue weighted by Gasteiger charge is 2.34. The molecule has 0 bridgehead atoms. The summed E-state index contributed by atoms with van der Waals surface area (Å²) in [5, 5.41) is 3.47. The van der Waals surface area contributed by atoms with Gasteiger partial charge in [0.05, 0.1) is 6.04 Å². The summed E-state index contributed by atoms with van der Waals surface area (Å²) in [5.41, 5.74) is 6.92. The first-order valence-electron chi connectivity index (χ1n) is 10.0. The molecule has 0 aliphatic carbocycles. The van der Waals surface area contributed by atoms with Crippen molar-refractivity contribution in [1.82, 2.24) is 20.5 Å². The van der Waals surface area contributed by atoms with Gasteiger partial charge in [-0.3, -0.25) is 10.2 Å².